The van der Waals surface area contributed by atoms with Crippen LogP contribution in [0.5, 0.6) is 0 Å². The van der Waals surface area contributed by atoms with Gasteiger partial charge in [-0.05, 0) is 24.3 Å². The van der Waals surface area contributed by atoms with Crippen LogP contribution in [-0.2, 0) is 0 Å². The predicted octanol–water partition coefficient (Wildman–Crippen LogP) is 1.32. The van der Waals surface area contributed by atoms with Gasteiger partial charge in [0, 0.05) is 11.3 Å². The summed E-state index contributed by atoms with van der Waals surface area (Å²) < 4.78 is 0. The summed E-state index contributed by atoms with van der Waals surface area (Å²) in [4.78, 5) is 5.65. The molecule has 3 N–H and O–H groups in total. The van der Waals surface area contributed by atoms with E-state index in [-0.39, 0.29) is 5.84 Å². The molecule has 0 aliphatic heterocycles. The van der Waals surface area contributed by atoms with Gasteiger partial charge in [0.2, 0.25) is 5.82 Å². The molecule has 0 amide bonds. The minimum Gasteiger partial charge on any atom is -0.384 e. The van der Waals surface area contributed by atoms with E-state index in [4.69, 9.17) is 11.1 Å². The van der Waals surface area contributed by atoms with Crippen molar-refractivity contribution in [2.45, 2.75) is 6.92 Å². The van der Waals surface area contributed by atoms with Crippen LogP contribution in [0.15, 0.2) is 42.5 Å². The van der Waals surface area contributed by atoms with Crippen molar-refractivity contribution in [3.8, 4) is 17.2 Å². The van der Waals surface area contributed by atoms with Crippen molar-refractivity contribution in [2.75, 3.05) is 0 Å². The molecule has 2 heterocycles. The zero-order chi connectivity index (χ0) is 14.8. The Morgan fingerprint density at radius 1 is 1.14 bits per heavy atom. The van der Waals surface area contributed by atoms with E-state index in [0.717, 1.165) is 11.3 Å². The second kappa shape index (κ2) is 5.12. The molecule has 0 atom stereocenters. The van der Waals surface area contributed by atoms with Crippen LogP contribution in [0.25, 0.3) is 17.2 Å². The maximum absolute atomic E-state index is 7.62. The quantitative estimate of drug-likeness (QED) is 0.555. The molecule has 2 aromatic heterocycles. The van der Waals surface area contributed by atoms with Crippen molar-refractivity contribution >= 4 is 5.84 Å². The molecule has 0 spiro atoms. The fourth-order valence-electron chi connectivity index (χ4n) is 1.91. The first-order valence-corrected chi connectivity index (χ1v) is 6.33. The van der Waals surface area contributed by atoms with Gasteiger partial charge in [-0.15, -0.1) is 15.0 Å². The minimum absolute atomic E-state index is 0.0870. The van der Waals surface area contributed by atoms with Gasteiger partial charge in [-0.25, -0.2) is 4.98 Å². The number of nitrogens with one attached hydrogen (secondary N) is 1. The standard InChI is InChI=1S/C14H13N7/c1-9-7-8-11(12(15)16)14(17-9)21-19-13(18-20-21)10-5-3-2-4-6-10/h2-8H,1H3,(H3,15,16). The van der Waals surface area contributed by atoms with Gasteiger partial charge in [-0.2, -0.15) is 0 Å². The number of rotatable bonds is 3. The Morgan fingerprint density at radius 3 is 2.62 bits per heavy atom. The summed E-state index contributed by atoms with van der Waals surface area (Å²) in [7, 11) is 0. The number of nitrogens with zero attached hydrogens (tertiary/aromatic N) is 5. The lowest BCUT2D eigenvalue weighted by Gasteiger charge is -2.05. The van der Waals surface area contributed by atoms with Crippen LogP contribution in [0.2, 0.25) is 0 Å². The molecule has 0 aliphatic carbocycles. The van der Waals surface area contributed by atoms with E-state index in [0.29, 0.717) is 17.2 Å². The van der Waals surface area contributed by atoms with Gasteiger partial charge in [0.25, 0.3) is 0 Å². The number of hydrogen-bond donors (Lipinski definition) is 2. The van der Waals surface area contributed by atoms with Crippen LogP contribution in [-0.4, -0.2) is 31.0 Å². The van der Waals surface area contributed by atoms with Gasteiger partial charge >= 0.3 is 0 Å². The molecule has 0 saturated carbocycles. The molecule has 21 heavy (non-hydrogen) atoms. The number of benzene rings is 1. The van der Waals surface area contributed by atoms with E-state index in [1.54, 1.807) is 12.1 Å². The molecule has 0 radical (unpaired) electrons. The third-order valence-corrected chi connectivity index (χ3v) is 2.94. The molecule has 3 rings (SSSR count). The lowest BCUT2D eigenvalue weighted by Crippen LogP contribution is -2.17. The van der Waals surface area contributed by atoms with Crippen molar-refractivity contribution in [3.05, 3.63) is 53.7 Å². The first-order valence-electron chi connectivity index (χ1n) is 6.33. The van der Waals surface area contributed by atoms with Gasteiger partial charge in [-0.3, -0.25) is 5.41 Å². The van der Waals surface area contributed by atoms with Crippen LogP contribution in [0.1, 0.15) is 11.3 Å². The molecule has 0 fully saturated rings. The second-order valence-corrected chi connectivity index (χ2v) is 4.51. The van der Waals surface area contributed by atoms with E-state index in [1.807, 2.05) is 37.3 Å². The normalized spacial score (nSPS) is 10.5. The summed E-state index contributed by atoms with van der Waals surface area (Å²) >= 11 is 0. The van der Waals surface area contributed by atoms with Crippen LogP contribution < -0.4 is 5.73 Å². The van der Waals surface area contributed by atoms with Crippen molar-refractivity contribution in [3.63, 3.8) is 0 Å². The van der Waals surface area contributed by atoms with Crippen molar-refractivity contribution in [1.29, 1.82) is 5.41 Å². The number of amidine groups is 1. The van der Waals surface area contributed by atoms with Gasteiger partial charge in [0.1, 0.15) is 5.84 Å². The average Bonchev–Trinajstić information content (AvgIpc) is 2.97. The predicted molar refractivity (Wildman–Crippen MR) is 78.1 cm³/mol. The van der Waals surface area contributed by atoms with Gasteiger partial charge < -0.3 is 5.73 Å². The van der Waals surface area contributed by atoms with E-state index in [1.165, 1.54) is 4.80 Å². The first-order chi connectivity index (χ1) is 10.1. The topological polar surface area (TPSA) is 106 Å². The van der Waals surface area contributed by atoms with Crippen LogP contribution in [0, 0.1) is 12.3 Å². The van der Waals surface area contributed by atoms with Crippen molar-refractivity contribution < 1.29 is 0 Å². The van der Waals surface area contributed by atoms with E-state index < -0.39 is 0 Å². The fraction of sp³-hybridized carbons (Fsp3) is 0.0714. The summed E-state index contributed by atoms with van der Waals surface area (Å²) in [6, 6.07) is 13.0. The molecule has 1 aromatic carbocycles. The SMILES string of the molecule is Cc1ccc(C(=N)N)c(-n2nnc(-c3ccccc3)n2)n1. The van der Waals surface area contributed by atoms with Crippen molar-refractivity contribution in [2.24, 2.45) is 5.73 Å². The summed E-state index contributed by atoms with van der Waals surface area (Å²) in [6.07, 6.45) is 0. The molecule has 7 nitrogen and oxygen atoms in total. The summed E-state index contributed by atoms with van der Waals surface area (Å²) in [5.74, 6) is 0.807. The second-order valence-electron chi connectivity index (χ2n) is 4.51. The van der Waals surface area contributed by atoms with Gasteiger partial charge in [0.15, 0.2) is 5.82 Å². The van der Waals surface area contributed by atoms with E-state index in [2.05, 4.69) is 20.4 Å². The molecule has 104 valence electrons. The van der Waals surface area contributed by atoms with E-state index in [9.17, 15) is 0 Å². The summed E-state index contributed by atoms with van der Waals surface area (Å²) in [5, 5.41) is 20.0. The zero-order valence-corrected chi connectivity index (χ0v) is 11.4. The molecule has 0 unspecified atom stereocenters. The highest BCUT2D eigenvalue weighted by molar-refractivity contribution is 5.97. The lowest BCUT2D eigenvalue weighted by molar-refractivity contribution is 0.697. The Bertz CT molecular complexity index is 792. The van der Waals surface area contributed by atoms with Crippen LogP contribution >= 0.6 is 0 Å². The Hall–Kier alpha value is -3.09. The third kappa shape index (κ3) is 2.48. The Kier molecular flexibility index (Phi) is 3.15. The van der Waals surface area contributed by atoms with Gasteiger partial charge in [0.05, 0.1) is 5.56 Å². The first kappa shape index (κ1) is 12.9. The minimum atomic E-state index is -0.0870. The van der Waals surface area contributed by atoms with Crippen molar-refractivity contribution in [1.82, 2.24) is 25.2 Å². The maximum Gasteiger partial charge on any atom is 0.205 e. The molecular formula is C14H13N7. The summed E-state index contributed by atoms with van der Waals surface area (Å²) in [5.41, 5.74) is 7.69. The molecule has 3 aromatic rings. The fourth-order valence-corrected chi connectivity index (χ4v) is 1.91. The Balaban J connectivity index is 2.08. The molecule has 0 bridgehead atoms. The zero-order valence-electron chi connectivity index (χ0n) is 11.4. The number of aryl methyl sites for hydroxylation is 1. The number of nitrogen functional groups attached to an aromatic ring is 1. The molecule has 0 saturated heterocycles. The monoisotopic (exact) mass is 279 g/mol. The molecular weight excluding hydrogens is 266 g/mol. The highest BCUT2D eigenvalue weighted by Crippen LogP contribution is 2.15. The highest BCUT2D eigenvalue weighted by Gasteiger charge is 2.14. The van der Waals surface area contributed by atoms with E-state index >= 15 is 0 Å². The maximum atomic E-state index is 7.62. The third-order valence-electron chi connectivity index (χ3n) is 2.94. The number of pyridine rings is 1. The number of hydrogen-bond acceptors (Lipinski definition) is 5. The summed E-state index contributed by atoms with van der Waals surface area (Å²) in [6.45, 7) is 1.85. The highest BCUT2D eigenvalue weighted by atomic mass is 15.6. The Labute approximate surface area is 121 Å². The van der Waals surface area contributed by atoms with Crippen LogP contribution in [0.3, 0.4) is 0 Å². The number of tetrazole rings is 1. The molecule has 7 heteroatoms. The number of aromatic nitrogens is 5. The average molecular weight is 279 g/mol. The van der Waals surface area contributed by atoms with Crippen LogP contribution in [0.4, 0.5) is 0 Å². The smallest absolute Gasteiger partial charge is 0.205 e. The molecule has 0 aliphatic rings. The van der Waals surface area contributed by atoms with Gasteiger partial charge in [-0.1, -0.05) is 30.3 Å². The lowest BCUT2D eigenvalue weighted by atomic mass is 10.2. The largest absolute Gasteiger partial charge is 0.384 e. The number of nitrogens with two attached hydrogens (primary N) is 1. The Morgan fingerprint density at radius 2 is 1.90 bits per heavy atom.